The molecule has 7 nitrogen and oxygen atoms in total. The Hall–Kier alpha value is -2.44. The average Bonchev–Trinajstić information content (AvgIpc) is 2.93. The maximum Gasteiger partial charge on any atom is 0.274 e. The van der Waals surface area contributed by atoms with Crippen molar-refractivity contribution in [2.24, 2.45) is 7.05 Å². The van der Waals surface area contributed by atoms with Gasteiger partial charge in [-0.15, -0.1) is 0 Å². The van der Waals surface area contributed by atoms with E-state index in [1.54, 1.807) is 21.5 Å². The Bertz CT molecular complexity index is 847. The molecule has 0 atom stereocenters. The van der Waals surface area contributed by atoms with Crippen LogP contribution in [0.5, 0.6) is 0 Å². The van der Waals surface area contributed by atoms with Crippen molar-refractivity contribution in [2.75, 3.05) is 13.1 Å². The minimum absolute atomic E-state index is 0.0271. The van der Waals surface area contributed by atoms with Crippen LogP contribution in [0.1, 0.15) is 61.5 Å². The normalized spacial score (nSPS) is 16.1. The lowest BCUT2D eigenvalue weighted by molar-refractivity contribution is 0.0680. The van der Waals surface area contributed by atoms with Crippen LogP contribution in [0.3, 0.4) is 0 Å². The molecule has 140 valence electrons. The first-order chi connectivity index (χ1) is 12.2. The zero-order valence-corrected chi connectivity index (χ0v) is 16.2. The molecule has 0 aromatic carbocycles. The molecule has 0 N–H and O–H groups in total. The summed E-state index contributed by atoms with van der Waals surface area (Å²) in [4.78, 5) is 26.7. The summed E-state index contributed by atoms with van der Waals surface area (Å²) in [7, 11) is 1.83. The third-order valence-electron chi connectivity index (χ3n) is 5.02. The smallest absolute Gasteiger partial charge is 0.274 e. The van der Waals surface area contributed by atoms with Gasteiger partial charge in [0, 0.05) is 37.3 Å². The zero-order chi connectivity index (χ0) is 19.1. The van der Waals surface area contributed by atoms with Gasteiger partial charge in [-0.25, -0.2) is 4.68 Å². The lowest BCUT2D eigenvalue weighted by Gasteiger charge is -2.32. The number of nitrogens with zero attached hydrogens (tertiary/aromatic N) is 5. The minimum Gasteiger partial charge on any atom is -0.337 e. The molecule has 1 aliphatic heterocycles. The lowest BCUT2D eigenvalue weighted by atomic mass is 9.92. The molecule has 26 heavy (non-hydrogen) atoms. The highest BCUT2D eigenvalue weighted by Crippen LogP contribution is 2.24. The third-order valence-corrected chi connectivity index (χ3v) is 5.02. The van der Waals surface area contributed by atoms with Gasteiger partial charge in [0.25, 0.3) is 11.5 Å². The van der Waals surface area contributed by atoms with Crippen molar-refractivity contribution in [1.82, 2.24) is 24.5 Å². The topological polar surface area (TPSA) is 73.0 Å². The molecule has 1 aliphatic rings. The summed E-state index contributed by atoms with van der Waals surface area (Å²) in [5.74, 6) is -0.0455. The molecule has 1 fully saturated rings. The van der Waals surface area contributed by atoms with E-state index in [9.17, 15) is 9.59 Å². The van der Waals surface area contributed by atoms with Crippen molar-refractivity contribution in [3.05, 3.63) is 45.6 Å². The fourth-order valence-electron chi connectivity index (χ4n) is 3.23. The lowest BCUT2D eigenvalue weighted by Crippen LogP contribution is -2.42. The van der Waals surface area contributed by atoms with Gasteiger partial charge >= 0.3 is 0 Å². The summed E-state index contributed by atoms with van der Waals surface area (Å²) in [5, 5.41) is 8.87. The highest BCUT2D eigenvalue weighted by atomic mass is 16.2. The molecular formula is C19H27N5O2. The number of likely N-dealkylation sites (tertiary alicyclic amines) is 1. The van der Waals surface area contributed by atoms with Crippen molar-refractivity contribution in [2.45, 2.75) is 52.0 Å². The Kier molecular flexibility index (Phi) is 4.73. The number of piperidine rings is 1. The van der Waals surface area contributed by atoms with Crippen molar-refractivity contribution in [1.29, 1.82) is 0 Å². The second kappa shape index (κ2) is 6.70. The number of carbonyl (C=O) groups is 1. The van der Waals surface area contributed by atoms with Crippen LogP contribution >= 0.6 is 0 Å². The molecule has 7 heteroatoms. The van der Waals surface area contributed by atoms with Crippen LogP contribution in [0.15, 0.2) is 23.0 Å². The average molecular weight is 357 g/mol. The molecule has 0 aliphatic carbocycles. The molecule has 3 heterocycles. The summed E-state index contributed by atoms with van der Waals surface area (Å²) in [6.07, 6.45) is 1.44. The van der Waals surface area contributed by atoms with Crippen LogP contribution in [-0.4, -0.2) is 43.5 Å². The van der Waals surface area contributed by atoms with E-state index >= 15 is 0 Å². The second-order valence-electron chi connectivity index (χ2n) is 8.07. The first-order valence-corrected chi connectivity index (χ1v) is 9.07. The maximum absolute atomic E-state index is 12.6. The molecule has 1 saturated heterocycles. The van der Waals surface area contributed by atoms with Crippen LogP contribution in [0.2, 0.25) is 0 Å². The molecule has 2 aromatic heterocycles. The van der Waals surface area contributed by atoms with E-state index in [0.29, 0.717) is 18.8 Å². The van der Waals surface area contributed by atoms with Crippen LogP contribution in [0, 0.1) is 6.92 Å². The van der Waals surface area contributed by atoms with Crippen molar-refractivity contribution in [3.8, 4) is 0 Å². The molecule has 1 amide bonds. The first kappa shape index (κ1) is 18.4. The van der Waals surface area contributed by atoms with Gasteiger partial charge in [-0.1, -0.05) is 20.8 Å². The van der Waals surface area contributed by atoms with Gasteiger partial charge in [0.15, 0.2) is 5.69 Å². The van der Waals surface area contributed by atoms with Gasteiger partial charge < -0.3 is 4.90 Å². The molecule has 0 bridgehead atoms. The Labute approximate surface area is 153 Å². The minimum atomic E-state index is -0.108. The van der Waals surface area contributed by atoms with E-state index in [4.69, 9.17) is 0 Å². The number of aryl methyl sites for hydroxylation is 2. The number of hydrogen-bond donors (Lipinski definition) is 0. The van der Waals surface area contributed by atoms with Gasteiger partial charge in [0.1, 0.15) is 0 Å². The monoisotopic (exact) mass is 357 g/mol. The van der Waals surface area contributed by atoms with E-state index in [-0.39, 0.29) is 22.9 Å². The molecule has 0 radical (unpaired) electrons. The highest BCUT2D eigenvalue weighted by Gasteiger charge is 2.28. The van der Waals surface area contributed by atoms with Crippen molar-refractivity contribution < 1.29 is 4.79 Å². The van der Waals surface area contributed by atoms with E-state index in [0.717, 1.165) is 24.2 Å². The number of aromatic nitrogens is 4. The predicted octanol–water partition coefficient (Wildman–Crippen LogP) is 2.06. The summed E-state index contributed by atoms with van der Waals surface area (Å²) < 4.78 is 3.31. The largest absolute Gasteiger partial charge is 0.337 e. The van der Waals surface area contributed by atoms with Crippen LogP contribution in [-0.2, 0) is 12.5 Å². The number of carbonyl (C=O) groups excluding carboxylic acids is 1. The summed E-state index contributed by atoms with van der Waals surface area (Å²) >= 11 is 0. The zero-order valence-electron chi connectivity index (χ0n) is 16.2. The SMILES string of the molecule is Cc1cc(C(=O)N2CCC(n3nc(C(C)(C)C)ccc3=O)CC2)nn1C. The Morgan fingerprint density at radius 3 is 2.35 bits per heavy atom. The van der Waals surface area contributed by atoms with Crippen LogP contribution in [0.25, 0.3) is 0 Å². The molecule has 2 aromatic rings. The quantitative estimate of drug-likeness (QED) is 0.825. The second-order valence-corrected chi connectivity index (χ2v) is 8.07. The number of amides is 1. The van der Waals surface area contributed by atoms with Gasteiger partial charge in [-0.3, -0.25) is 14.3 Å². The van der Waals surface area contributed by atoms with Crippen molar-refractivity contribution >= 4 is 5.91 Å². The standard InChI is InChI=1S/C19H27N5O2/c1-13-12-15(20-22(13)5)18(26)23-10-8-14(9-11-23)24-17(25)7-6-16(21-24)19(2,3)4/h6-7,12,14H,8-11H2,1-5H3. The Balaban J connectivity index is 1.73. The summed E-state index contributed by atoms with van der Waals surface area (Å²) in [5.41, 5.74) is 2.15. The molecule has 0 saturated carbocycles. The Morgan fingerprint density at radius 1 is 1.15 bits per heavy atom. The van der Waals surface area contributed by atoms with E-state index in [1.807, 2.05) is 24.9 Å². The number of rotatable bonds is 2. The molecule has 0 unspecified atom stereocenters. The molecule has 0 spiro atoms. The number of hydrogen-bond acceptors (Lipinski definition) is 4. The van der Waals surface area contributed by atoms with Gasteiger partial charge in [-0.05, 0) is 31.9 Å². The third kappa shape index (κ3) is 3.57. The Morgan fingerprint density at radius 2 is 1.81 bits per heavy atom. The predicted molar refractivity (Wildman–Crippen MR) is 99.3 cm³/mol. The van der Waals surface area contributed by atoms with E-state index in [2.05, 4.69) is 31.0 Å². The summed E-state index contributed by atoms with van der Waals surface area (Å²) in [6, 6.07) is 5.25. The van der Waals surface area contributed by atoms with Crippen molar-refractivity contribution in [3.63, 3.8) is 0 Å². The molecular weight excluding hydrogens is 330 g/mol. The highest BCUT2D eigenvalue weighted by molar-refractivity contribution is 5.92. The first-order valence-electron chi connectivity index (χ1n) is 9.07. The fraction of sp³-hybridized carbons (Fsp3) is 0.579. The summed E-state index contributed by atoms with van der Waals surface area (Å²) in [6.45, 7) is 9.39. The van der Waals surface area contributed by atoms with E-state index in [1.165, 1.54) is 0 Å². The van der Waals surface area contributed by atoms with Gasteiger partial charge in [-0.2, -0.15) is 10.2 Å². The van der Waals surface area contributed by atoms with Gasteiger partial charge in [0.05, 0.1) is 11.7 Å². The maximum atomic E-state index is 12.6. The van der Waals surface area contributed by atoms with Gasteiger partial charge in [0.2, 0.25) is 0 Å². The molecule has 3 rings (SSSR count). The fourth-order valence-corrected chi connectivity index (χ4v) is 3.23. The van der Waals surface area contributed by atoms with Crippen LogP contribution in [0.4, 0.5) is 0 Å². The van der Waals surface area contributed by atoms with E-state index < -0.39 is 0 Å². The van der Waals surface area contributed by atoms with Crippen LogP contribution < -0.4 is 5.56 Å².